The van der Waals surface area contributed by atoms with E-state index in [0.29, 0.717) is 28.7 Å². The molecule has 0 bridgehead atoms. The maximum atomic E-state index is 14.0. The molecule has 0 spiro atoms. The monoisotopic (exact) mass is 414 g/mol. The van der Waals surface area contributed by atoms with Crippen LogP contribution in [0.5, 0.6) is 11.5 Å². The van der Waals surface area contributed by atoms with Crippen LogP contribution in [0.3, 0.4) is 0 Å². The van der Waals surface area contributed by atoms with Gasteiger partial charge < -0.3 is 20.1 Å². The molecular weight excluding hydrogens is 391 g/mol. The number of halogens is 1. The van der Waals surface area contributed by atoms with Crippen molar-refractivity contribution < 1.29 is 13.9 Å². The third kappa shape index (κ3) is 4.83. The Kier molecular flexibility index (Phi) is 6.33. The summed E-state index contributed by atoms with van der Waals surface area (Å²) in [5.41, 5.74) is 3.72. The first-order chi connectivity index (χ1) is 13.9. The summed E-state index contributed by atoms with van der Waals surface area (Å²) in [6.07, 6.45) is 0. The van der Waals surface area contributed by atoms with E-state index in [2.05, 4.69) is 15.7 Å². The number of aryl methyl sites for hydroxylation is 1. The van der Waals surface area contributed by atoms with Crippen molar-refractivity contribution >= 4 is 28.7 Å². The Morgan fingerprint density at radius 2 is 1.72 bits per heavy atom. The van der Waals surface area contributed by atoms with Crippen LogP contribution in [-0.4, -0.2) is 29.1 Å². The molecule has 29 heavy (non-hydrogen) atoms. The van der Waals surface area contributed by atoms with E-state index in [1.54, 1.807) is 37.1 Å². The number of aromatic nitrogens is 2. The van der Waals surface area contributed by atoms with Gasteiger partial charge >= 0.3 is 0 Å². The number of rotatable bonds is 6. The Morgan fingerprint density at radius 3 is 2.34 bits per heavy atom. The molecular formula is C21H23FN4O2S. The summed E-state index contributed by atoms with van der Waals surface area (Å²) < 4.78 is 26.3. The molecule has 0 saturated carbocycles. The van der Waals surface area contributed by atoms with Gasteiger partial charge in [0.25, 0.3) is 0 Å². The normalized spacial score (nSPS) is 10.5. The number of hydrogen-bond acceptors (Lipinski definition) is 4. The first-order valence-corrected chi connectivity index (χ1v) is 9.40. The van der Waals surface area contributed by atoms with Crippen LogP contribution in [0.2, 0.25) is 0 Å². The van der Waals surface area contributed by atoms with Crippen LogP contribution < -0.4 is 20.1 Å². The second-order valence-electron chi connectivity index (χ2n) is 6.48. The van der Waals surface area contributed by atoms with Crippen molar-refractivity contribution in [2.45, 2.75) is 20.4 Å². The van der Waals surface area contributed by atoms with E-state index in [0.717, 1.165) is 22.8 Å². The number of methoxy groups -OCH3 is 2. The third-order valence-electron chi connectivity index (χ3n) is 4.51. The van der Waals surface area contributed by atoms with Crippen molar-refractivity contribution in [2.24, 2.45) is 0 Å². The summed E-state index contributed by atoms with van der Waals surface area (Å²) in [5, 5.41) is 11.2. The van der Waals surface area contributed by atoms with E-state index in [1.807, 2.05) is 32.0 Å². The van der Waals surface area contributed by atoms with E-state index in [9.17, 15) is 4.39 Å². The second-order valence-corrected chi connectivity index (χ2v) is 6.88. The molecule has 3 aromatic rings. The molecule has 152 valence electrons. The molecule has 0 amide bonds. The average molecular weight is 415 g/mol. The molecule has 0 fully saturated rings. The molecule has 0 radical (unpaired) electrons. The van der Waals surface area contributed by atoms with Gasteiger partial charge in [-0.05, 0) is 32.1 Å². The van der Waals surface area contributed by atoms with Crippen LogP contribution in [-0.2, 0) is 6.54 Å². The van der Waals surface area contributed by atoms with Gasteiger partial charge in [-0.1, -0.05) is 18.2 Å². The largest absolute Gasteiger partial charge is 0.497 e. The Labute approximate surface area is 174 Å². The molecule has 0 atom stereocenters. The number of nitrogens with one attached hydrogen (secondary N) is 2. The molecule has 6 nitrogen and oxygen atoms in total. The van der Waals surface area contributed by atoms with Gasteiger partial charge in [0.1, 0.15) is 17.3 Å². The summed E-state index contributed by atoms with van der Waals surface area (Å²) in [7, 11) is 3.18. The fourth-order valence-corrected chi connectivity index (χ4v) is 3.20. The molecule has 0 unspecified atom stereocenters. The topological polar surface area (TPSA) is 60.3 Å². The highest BCUT2D eigenvalue weighted by molar-refractivity contribution is 7.80. The summed E-state index contributed by atoms with van der Waals surface area (Å²) in [4.78, 5) is 0. The molecule has 3 rings (SSSR count). The summed E-state index contributed by atoms with van der Waals surface area (Å²) in [6, 6.07) is 12.1. The lowest BCUT2D eigenvalue weighted by molar-refractivity contribution is 0.395. The van der Waals surface area contributed by atoms with Gasteiger partial charge in [0.2, 0.25) is 0 Å². The lowest BCUT2D eigenvalue weighted by Crippen LogP contribution is -2.20. The van der Waals surface area contributed by atoms with Gasteiger partial charge in [-0.2, -0.15) is 5.10 Å². The Hall–Kier alpha value is -3.13. The molecule has 0 aliphatic carbocycles. The van der Waals surface area contributed by atoms with E-state index < -0.39 is 0 Å². The van der Waals surface area contributed by atoms with Crippen molar-refractivity contribution in [1.29, 1.82) is 0 Å². The third-order valence-corrected chi connectivity index (χ3v) is 4.71. The minimum atomic E-state index is -0.251. The first kappa shape index (κ1) is 20.6. The van der Waals surface area contributed by atoms with Crippen molar-refractivity contribution in [3.63, 3.8) is 0 Å². The quantitative estimate of drug-likeness (QED) is 0.579. The van der Waals surface area contributed by atoms with Crippen LogP contribution in [0.15, 0.2) is 42.5 Å². The van der Waals surface area contributed by atoms with Crippen LogP contribution in [0.1, 0.15) is 17.0 Å². The molecule has 2 N–H and O–H groups in total. The van der Waals surface area contributed by atoms with Gasteiger partial charge in [0, 0.05) is 29.4 Å². The highest BCUT2D eigenvalue weighted by atomic mass is 32.1. The van der Waals surface area contributed by atoms with Crippen molar-refractivity contribution in [3.8, 4) is 11.5 Å². The second kappa shape index (κ2) is 8.91. The van der Waals surface area contributed by atoms with Crippen molar-refractivity contribution in [2.75, 3.05) is 24.9 Å². The molecule has 0 aliphatic heterocycles. The van der Waals surface area contributed by atoms with E-state index in [-0.39, 0.29) is 5.82 Å². The Bertz CT molecular complexity index is 1010. The molecule has 0 aliphatic rings. The fraction of sp³-hybridized carbons (Fsp3) is 0.238. The standard InChI is InChI=1S/C21H23FN4O2S/c1-13-20(14(2)26(25-13)12-15-7-5-6-8-19(15)22)24-21(29)23-16-9-17(27-3)11-18(10-16)28-4/h5-11H,12H2,1-4H3,(H2,23,24,29). The summed E-state index contributed by atoms with van der Waals surface area (Å²) in [6.45, 7) is 4.14. The number of thiocarbonyl (C=S) groups is 1. The minimum Gasteiger partial charge on any atom is -0.497 e. The minimum absolute atomic E-state index is 0.251. The zero-order chi connectivity index (χ0) is 21.0. The van der Waals surface area contributed by atoms with Crippen LogP contribution in [0.4, 0.5) is 15.8 Å². The summed E-state index contributed by atoms with van der Waals surface area (Å²) in [5.74, 6) is 1.05. The molecule has 0 saturated heterocycles. The predicted octanol–water partition coefficient (Wildman–Crippen LogP) is 4.51. The Balaban J connectivity index is 1.76. The zero-order valence-electron chi connectivity index (χ0n) is 16.7. The predicted molar refractivity (Wildman–Crippen MR) is 117 cm³/mol. The lowest BCUT2D eigenvalue weighted by atomic mass is 10.2. The average Bonchev–Trinajstić information content (AvgIpc) is 2.96. The van der Waals surface area contributed by atoms with Crippen LogP contribution >= 0.6 is 12.2 Å². The van der Waals surface area contributed by atoms with E-state index in [4.69, 9.17) is 21.7 Å². The number of benzene rings is 2. The van der Waals surface area contributed by atoms with Gasteiger partial charge in [-0.15, -0.1) is 0 Å². The SMILES string of the molecule is COc1cc(NC(=S)Nc2c(C)nn(Cc3ccccc3F)c2C)cc(OC)c1. The van der Waals surface area contributed by atoms with Crippen LogP contribution in [0.25, 0.3) is 0 Å². The summed E-state index contributed by atoms with van der Waals surface area (Å²) >= 11 is 5.46. The first-order valence-electron chi connectivity index (χ1n) is 8.99. The number of anilines is 2. The maximum absolute atomic E-state index is 14.0. The molecule has 1 aromatic heterocycles. The van der Waals surface area contributed by atoms with Gasteiger partial charge in [0.05, 0.1) is 37.8 Å². The number of hydrogen-bond donors (Lipinski definition) is 2. The smallest absolute Gasteiger partial charge is 0.175 e. The van der Waals surface area contributed by atoms with E-state index >= 15 is 0 Å². The van der Waals surface area contributed by atoms with Crippen molar-refractivity contribution in [1.82, 2.24) is 9.78 Å². The maximum Gasteiger partial charge on any atom is 0.175 e. The van der Waals surface area contributed by atoms with Crippen LogP contribution in [0, 0.1) is 19.7 Å². The van der Waals surface area contributed by atoms with E-state index in [1.165, 1.54) is 6.07 Å². The lowest BCUT2D eigenvalue weighted by Gasteiger charge is -2.13. The van der Waals surface area contributed by atoms with Gasteiger partial charge in [-0.25, -0.2) is 4.39 Å². The van der Waals surface area contributed by atoms with Crippen molar-refractivity contribution in [3.05, 3.63) is 65.2 Å². The molecule has 1 heterocycles. The highest BCUT2D eigenvalue weighted by Gasteiger charge is 2.14. The number of nitrogens with zero attached hydrogens (tertiary/aromatic N) is 2. The van der Waals surface area contributed by atoms with Gasteiger partial charge in [0.15, 0.2) is 5.11 Å². The number of ether oxygens (including phenoxy) is 2. The Morgan fingerprint density at radius 1 is 1.07 bits per heavy atom. The highest BCUT2D eigenvalue weighted by Crippen LogP contribution is 2.26. The molecule has 2 aromatic carbocycles. The molecule has 8 heteroatoms. The fourth-order valence-electron chi connectivity index (χ4n) is 2.98. The van der Waals surface area contributed by atoms with Gasteiger partial charge in [-0.3, -0.25) is 4.68 Å². The zero-order valence-corrected chi connectivity index (χ0v) is 17.6.